The first-order valence-corrected chi connectivity index (χ1v) is 7.37. The minimum Gasteiger partial charge on any atom is -0.284 e. The molecule has 17 heavy (non-hydrogen) atoms. The topological polar surface area (TPSA) is 30.2 Å². The van der Waals surface area contributed by atoms with Crippen molar-refractivity contribution in [3.05, 3.63) is 29.7 Å². The SMILES string of the molecule is Cc1cccc2nnc(CC3CCCSC3)n12. The van der Waals surface area contributed by atoms with E-state index in [1.165, 1.54) is 30.0 Å². The average molecular weight is 247 g/mol. The Bertz CT molecular complexity index is 514. The van der Waals surface area contributed by atoms with Gasteiger partial charge in [0.25, 0.3) is 0 Å². The van der Waals surface area contributed by atoms with Gasteiger partial charge in [-0.15, -0.1) is 10.2 Å². The van der Waals surface area contributed by atoms with Crippen molar-refractivity contribution >= 4 is 17.4 Å². The Morgan fingerprint density at radius 1 is 1.41 bits per heavy atom. The fourth-order valence-electron chi connectivity index (χ4n) is 2.53. The van der Waals surface area contributed by atoms with Crippen LogP contribution in [0, 0.1) is 12.8 Å². The van der Waals surface area contributed by atoms with E-state index in [0.29, 0.717) is 0 Å². The third-order valence-corrected chi connectivity index (χ3v) is 4.70. The number of thioether (sulfide) groups is 1. The van der Waals surface area contributed by atoms with Crippen molar-refractivity contribution in [1.82, 2.24) is 14.6 Å². The molecule has 2 aromatic heterocycles. The standard InChI is InChI=1S/C13H17N3S/c1-10-4-2-6-12-14-15-13(16(10)12)8-11-5-3-7-17-9-11/h2,4,6,11H,3,5,7-9H2,1H3. The summed E-state index contributed by atoms with van der Waals surface area (Å²) < 4.78 is 2.19. The lowest BCUT2D eigenvalue weighted by Gasteiger charge is -2.20. The van der Waals surface area contributed by atoms with E-state index in [1.807, 2.05) is 12.1 Å². The summed E-state index contributed by atoms with van der Waals surface area (Å²) in [5.74, 6) is 4.52. The predicted octanol–water partition coefficient (Wildman–Crippen LogP) is 2.72. The van der Waals surface area contributed by atoms with Gasteiger partial charge in [0.2, 0.25) is 0 Å². The molecule has 0 spiro atoms. The van der Waals surface area contributed by atoms with Crippen molar-refractivity contribution in [1.29, 1.82) is 0 Å². The smallest absolute Gasteiger partial charge is 0.160 e. The molecule has 1 saturated heterocycles. The number of aromatic nitrogens is 3. The van der Waals surface area contributed by atoms with Crippen LogP contribution in [0.25, 0.3) is 5.65 Å². The van der Waals surface area contributed by atoms with Crippen molar-refractivity contribution in [2.75, 3.05) is 11.5 Å². The van der Waals surface area contributed by atoms with Crippen molar-refractivity contribution in [3.8, 4) is 0 Å². The van der Waals surface area contributed by atoms with Gasteiger partial charge in [-0.2, -0.15) is 11.8 Å². The summed E-state index contributed by atoms with van der Waals surface area (Å²) in [7, 11) is 0. The second kappa shape index (κ2) is 4.69. The van der Waals surface area contributed by atoms with Gasteiger partial charge in [-0.3, -0.25) is 4.40 Å². The fourth-order valence-corrected chi connectivity index (χ4v) is 3.68. The monoisotopic (exact) mass is 247 g/mol. The Balaban J connectivity index is 1.89. The molecule has 3 heterocycles. The van der Waals surface area contributed by atoms with E-state index in [9.17, 15) is 0 Å². The number of nitrogens with zero attached hydrogens (tertiary/aromatic N) is 3. The molecule has 0 amide bonds. The van der Waals surface area contributed by atoms with E-state index in [4.69, 9.17) is 0 Å². The van der Waals surface area contributed by atoms with Crippen LogP contribution in [0.1, 0.15) is 24.4 Å². The summed E-state index contributed by atoms with van der Waals surface area (Å²) in [5, 5.41) is 8.61. The molecule has 0 N–H and O–H groups in total. The van der Waals surface area contributed by atoms with Gasteiger partial charge in [-0.1, -0.05) is 6.07 Å². The zero-order valence-corrected chi connectivity index (χ0v) is 10.9. The van der Waals surface area contributed by atoms with Gasteiger partial charge in [0.1, 0.15) is 5.82 Å². The zero-order chi connectivity index (χ0) is 11.7. The third-order valence-electron chi connectivity index (χ3n) is 3.42. The Hall–Kier alpha value is -1.03. The Morgan fingerprint density at radius 3 is 3.18 bits per heavy atom. The summed E-state index contributed by atoms with van der Waals surface area (Å²) in [4.78, 5) is 0. The molecule has 0 bridgehead atoms. The maximum absolute atomic E-state index is 4.35. The molecule has 1 fully saturated rings. The Morgan fingerprint density at radius 2 is 2.35 bits per heavy atom. The second-order valence-corrected chi connectivity index (χ2v) is 5.91. The molecule has 1 aliphatic heterocycles. The van der Waals surface area contributed by atoms with Crippen LogP contribution in [0.3, 0.4) is 0 Å². The Kier molecular flexibility index (Phi) is 3.05. The first-order valence-electron chi connectivity index (χ1n) is 6.22. The van der Waals surface area contributed by atoms with E-state index in [-0.39, 0.29) is 0 Å². The van der Waals surface area contributed by atoms with Gasteiger partial charge >= 0.3 is 0 Å². The highest BCUT2D eigenvalue weighted by atomic mass is 32.2. The summed E-state index contributed by atoms with van der Waals surface area (Å²) >= 11 is 2.08. The number of fused-ring (bicyclic) bond motifs is 1. The first-order chi connectivity index (χ1) is 8.34. The normalized spacial score (nSPS) is 20.9. The molecular formula is C13H17N3S. The highest BCUT2D eigenvalue weighted by molar-refractivity contribution is 7.99. The zero-order valence-electron chi connectivity index (χ0n) is 10.1. The van der Waals surface area contributed by atoms with Crippen LogP contribution in [-0.2, 0) is 6.42 Å². The lowest BCUT2D eigenvalue weighted by atomic mass is 10.0. The summed E-state index contributed by atoms with van der Waals surface area (Å²) in [5.41, 5.74) is 2.20. The minimum absolute atomic E-state index is 0.778. The highest BCUT2D eigenvalue weighted by Gasteiger charge is 2.17. The maximum Gasteiger partial charge on any atom is 0.160 e. The number of aryl methyl sites for hydroxylation is 1. The molecule has 0 radical (unpaired) electrons. The molecule has 0 aromatic carbocycles. The van der Waals surface area contributed by atoms with Gasteiger partial charge in [0, 0.05) is 12.1 Å². The van der Waals surface area contributed by atoms with Crippen LogP contribution in [-0.4, -0.2) is 26.1 Å². The van der Waals surface area contributed by atoms with E-state index in [1.54, 1.807) is 0 Å². The Labute approximate surface area is 106 Å². The van der Waals surface area contributed by atoms with E-state index in [0.717, 1.165) is 23.8 Å². The quantitative estimate of drug-likeness (QED) is 0.817. The van der Waals surface area contributed by atoms with E-state index >= 15 is 0 Å². The van der Waals surface area contributed by atoms with Gasteiger partial charge in [-0.05, 0) is 49.3 Å². The predicted molar refractivity (Wildman–Crippen MR) is 71.5 cm³/mol. The molecular weight excluding hydrogens is 230 g/mol. The van der Waals surface area contributed by atoms with Crippen molar-refractivity contribution in [2.24, 2.45) is 5.92 Å². The largest absolute Gasteiger partial charge is 0.284 e. The van der Waals surface area contributed by atoms with Crippen LogP contribution >= 0.6 is 11.8 Å². The first kappa shape index (κ1) is 11.1. The van der Waals surface area contributed by atoms with Crippen molar-refractivity contribution < 1.29 is 0 Å². The minimum atomic E-state index is 0.778. The van der Waals surface area contributed by atoms with Crippen LogP contribution in [0.5, 0.6) is 0 Å². The van der Waals surface area contributed by atoms with Crippen molar-refractivity contribution in [3.63, 3.8) is 0 Å². The second-order valence-electron chi connectivity index (χ2n) is 4.76. The average Bonchev–Trinajstić information content (AvgIpc) is 2.75. The van der Waals surface area contributed by atoms with Crippen LogP contribution in [0.4, 0.5) is 0 Å². The van der Waals surface area contributed by atoms with E-state index in [2.05, 4.69) is 39.4 Å². The molecule has 1 atom stereocenters. The summed E-state index contributed by atoms with van der Waals surface area (Å²) in [6.45, 7) is 2.12. The number of hydrogen-bond donors (Lipinski definition) is 0. The van der Waals surface area contributed by atoms with Gasteiger partial charge < -0.3 is 0 Å². The summed E-state index contributed by atoms with van der Waals surface area (Å²) in [6.07, 6.45) is 3.76. The lowest BCUT2D eigenvalue weighted by molar-refractivity contribution is 0.506. The van der Waals surface area contributed by atoms with Gasteiger partial charge in [0.05, 0.1) is 0 Å². The van der Waals surface area contributed by atoms with Crippen LogP contribution < -0.4 is 0 Å². The lowest BCUT2D eigenvalue weighted by Crippen LogP contribution is -2.15. The highest BCUT2D eigenvalue weighted by Crippen LogP contribution is 2.25. The molecule has 90 valence electrons. The van der Waals surface area contributed by atoms with Crippen molar-refractivity contribution in [2.45, 2.75) is 26.2 Å². The fraction of sp³-hybridized carbons (Fsp3) is 0.538. The number of pyridine rings is 1. The molecule has 1 unspecified atom stereocenters. The number of rotatable bonds is 2. The molecule has 3 rings (SSSR count). The molecule has 4 heteroatoms. The summed E-state index contributed by atoms with van der Waals surface area (Å²) in [6, 6.07) is 6.19. The molecule has 3 nitrogen and oxygen atoms in total. The van der Waals surface area contributed by atoms with E-state index < -0.39 is 0 Å². The van der Waals surface area contributed by atoms with Gasteiger partial charge in [0.15, 0.2) is 5.65 Å². The van der Waals surface area contributed by atoms with Crippen LogP contribution in [0.2, 0.25) is 0 Å². The number of hydrogen-bond acceptors (Lipinski definition) is 3. The molecule has 1 aliphatic rings. The molecule has 0 saturated carbocycles. The van der Waals surface area contributed by atoms with Gasteiger partial charge in [-0.25, -0.2) is 0 Å². The van der Waals surface area contributed by atoms with Crippen LogP contribution in [0.15, 0.2) is 18.2 Å². The third kappa shape index (κ3) is 2.18. The maximum atomic E-state index is 4.35. The molecule has 0 aliphatic carbocycles. The molecule has 2 aromatic rings.